The lowest BCUT2D eigenvalue weighted by Crippen LogP contribution is -2.30. The zero-order chi connectivity index (χ0) is 66.6. The van der Waals surface area contributed by atoms with Crippen LogP contribution in [0.4, 0.5) is 0 Å². The number of ether oxygens (including phenoxy) is 4. The van der Waals surface area contributed by atoms with Gasteiger partial charge in [-0.15, -0.1) is 0 Å². The van der Waals surface area contributed by atoms with E-state index in [1.165, 1.54) is 116 Å². The van der Waals surface area contributed by atoms with Crippen LogP contribution in [-0.2, 0) is 65.4 Å². The Morgan fingerprint density at radius 2 is 0.656 bits per heavy atom. The summed E-state index contributed by atoms with van der Waals surface area (Å²) in [5, 5.41) is 10.6. The molecule has 0 bridgehead atoms. The molecule has 0 aliphatic rings. The maximum absolute atomic E-state index is 13.0. The van der Waals surface area contributed by atoms with Crippen LogP contribution in [0.2, 0.25) is 0 Å². The van der Waals surface area contributed by atoms with E-state index in [0.29, 0.717) is 31.6 Å². The van der Waals surface area contributed by atoms with Gasteiger partial charge in [0, 0.05) is 25.7 Å². The average molecular weight is 1320 g/mol. The second-order valence-electron chi connectivity index (χ2n) is 25.9. The summed E-state index contributed by atoms with van der Waals surface area (Å²) >= 11 is 0. The molecule has 0 fully saturated rings. The Hall–Kier alpha value is -2.46. The fourth-order valence-electron chi connectivity index (χ4n) is 10.1. The van der Waals surface area contributed by atoms with Crippen LogP contribution in [0.5, 0.6) is 0 Å². The average Bonchev–Trinajstić information content (AvgIpc) is 2.31. The SMILES string of the molecule is CCCCCC/C=C\C=C/CCCCCCCC(=O)OC[C@H](COP(=O)(O)OC[C@@H](O)COP(=O)(O)OC[C@@H](COC(=O)CCCCCCCCC(C)CC)OC(=O)CCCCCCCCCCC(C)C)OC(=O)CCCCCCCCCCCCC(C)CC. The fourth-order valence-corrected chi connectivity index (χ4v) is 11.7. The van der Waals surface area contributed by atoms with Crippen molar-refractivity contribution in [2.75, 3.05) is 39.6 Å². The van der Waals surface area contributed by atoms with E-state index < -0.39 is 97.5 Å². The van der Waals surface area contributed by atoms with Gasteiger partial charge in [0.05, 0.1) is 26.4 Å². The van der Waals surface area contributed by atoms with Crippen LogP contribution in [0, 0.1) is 17.8 Å². The van der Waals surface area contributed by atoms with Gasteiger partial charge in [-0.3, -0.25) is 37.3 Å². The number of esters is 4. The zero-order valence-corrected chi connectivity index (χ0v) is 59.9. The number of carbonyl (C=O) groups excluding carboxylic acids is 4. The molecule has 7 atom stereocenters. The van der Waals surface area contributed by atoms with Crippen LogP contribution < -0.4 is 0 Å². The summed E-state index contributed by atoms with van der Waals surface area (Å²) in [5.74, 6) is 0.0876. The van der Waals surface area contributed by atoms with Crippen LogP contribution in [0.25, 0.3) is 0 Å². The second-order valence-corrected chi connectivity index (χ2v) is 28.8. The van der Waals surface area contributed by atoms with Crippen LogP contribution in [0.15, 0.2) is 24.3 Å². The number of carbonyl (C=O) groups is 4. The molecule has 0 aromatic heterocycles. The molecule has 530 valence electrons. The number of phosphoric ester groups is 2. The molecular formula is C71H134O17P2. The monoisotopic (exact) mass is 1320 g/mol. The van der Waals surface area contributed by atoms with Gasteiger partial charge < -0.3 is 33.8 Å². The number of aliphatic hydroxyl groups is 1. The first-order chi connectivity index (χ1) is 43.3. The van der Waals surface area contributed by atoms with Crippen molar-refractivity contribution in [3.8, 4) is 0 Å². The lowest BCUT2D eigenvalue weighted by atomic mass is 9.99. The fraction of sp³-hybridized carbons (Fsp3) is 0.887. The molecule has 0 saturated carbocycles. The third kappa shape index (κ3) is 61.7. The largest absolute Gasteiger partial charge is 0.472 e. The highest BCUT2D eigenvalue weighted by atomic mass is 31.2. The first-order valence-electron chi connectivity index (χ1n) is 36.2. The summed E-state index contributed by atoms with van der Waals surface area (Å²) in [6, 6.07) is 0. The lowest BCUT2D eigenvalue weighted by molar-refractivity contribution is -0.161. The van der Waals surface area contributed by atoms with Crippen molar-refractivity contribution in [3.05, 3.63) is 24.3 Å². The van der Waals surface area contributed by atoms with Crippen LogP contribution >= 0.6 is 15.6 Å². The van der Waals surface area contributed by atoms with Gasteiger partial charge in [-0.1, -0.05) is 278 Å². The summed E-state index contributed by atoms with van der Waals surface area (Å²) < 4.78 is 68.3. The number of unbranched alkanes of at least 4 members (excludes halogenated alkanes) is 30. The van der Waals surface area contributed by atoms with Gasteiger partial charge >= 0.3 is 39.5 Å². The van der Waals surface area contributed by atoms with Crippen molar-refractivity contribution < 1.29 is 80.2 Å². The van der Waals surface area contributed by atoms with Crippen molar-refractivity contribution >= 4 is 39.5 Å². The molecule has 0 saturated heterocycles. The summed E-state index contributed by atoms with van der Waals surface area (Å²) in [6.07, 6.45) is 48.0. The summed E-state index contributed by atoms with van der Waals surface area (Å²) in [7, 11) is -9.91. The first kappa shape index (κ1) is 87.5. The number of phosphoric acid groups is 2. The number of aliphatic hydroxyl groups excluding tert-OH is 1. The van der Waals surface area contributed by atoms with Crippen molar-refractivity contribution in [1.29, 1.82) is 0 Å². The van der Waals surface area contributed by atoms with Crippen LogP contribution in [0.3, 0.4) is 0 Å². The maximum atomic E-state index is 13.0. The molecule has 0 aromatic rings. The van der Waals surface area contributed by atoms with E-state index >= 15 is 0 Å². The molecular weight excluding hydrogens is 1190 g/mol. The van der Waals surface area contributed by atoms with E-state index in [0.717, 1.165) is 127 Å². The minimum absolute atomic E-state index is 0.0988. The molecule has 90 heavy (non-hydrogen) atoms. The van der Waals surface area contributed by atoms with E-state index in [2.05, 4.69) is 72.8 Å². The minimum atomic E-state index is -4.96. The Balaban J connectivity index is 5.30. The molecule has 0 heterocycles. The number of allylic oxidation sites excluding steroid dienone is 4. The van der Waals surface area contributed by atoms with Crippen LogP contribution in [0.1, 0.15) is 331 Å². The van der Waals surface area contributed by atoms with E-state index in [4.69, 9.17) is 37.0 Å². The smallest absolute Gasteiger partial charge is 0.462 e. The van der Waals surface area contributed by atoms with Gasteiger partial charge in [-0.05, 0) is 69.1 Å². The Labute approximate surface area is 548 Å². The third-order valence-corrected chi connectivity index (χ3v) is 18.4. The predicted octanol–water partition coefficient (Wildman–Crippen LogP) is 19.8. The first-order valence-corrected chi connectivity index (χ1v) is 39.2. The van der Waals surface area contributed by atoms with Gasteiger partial charge in [0.25, 0.3) is 0 Å². The molecule has 0 amide bonds. The van der Waals surface area contributed by atoms with Gasteiger partial charge in [-0.25, -0.2) is 9.13 Å². The van der Waals surface area contributed by atoms with E-state index in [1.54, 1.807) is 0 Å². The van der Waals surface area contributed by atoms with E-state index in [9.17, 15) is 43.2 Å². The normalized spacial score (nSPS) is 15.0. The molecule has 17 nitrogen and oxygen atoms in total. The molecule has 0 spiro atoms. The van der Waals surface area contributed by atoms with Crippen LogP contribution in [-0.4, -0.2) is 96.7 Å². The number of rotatable bonds is 67. The molecule has 19 heteroatoms. The summed E-state index contributed by atoms with van der Waals surface area (Å²) in [6.45, 7) is 11.7. The van der Waals surface area contributed by atoms with Gasteiger partial charge in [0.1, 0.15) is 19.3 Å². The quantitative estimate of drug-likeness (QED) is 0.0169. The predicted molar refractivity (Wildman–Crippen MR) is 363 cm³/mol. The third-order valence-electron chi connectivity index (χ3n) is 16.5. The van der Waals surface area contributed by atoms with Crippen molar-refractivity contribution in [3.63, 3.8) is 0 Å². The number of hydrogen-bond donors (Lipinski definition) is 3. The van der Waals surface area contributed by atoms with Gasteiger partial charge in [0.2, 0.25) is 0 Å². The molecule has 0 aromatic carbocycles. The number of hydrogen-bond acceptors (Lipinski definition) is 15. The molecule has 0 aliphatic heterocycles. The van der Waals surface area contributed by atoms with Gasteiger partial charge in [-0.2, -0.15) is 0 Å². The standard InChI is InChI=1S/C71H134O17P2/c1-8-11-12-13-14-15-16-17-18-19-20-24-30-38-45-52-68(73)81-58-66(87-70(75)54-47-40-31-25-22-21-23-29-36-43-50-63(6)9-2)60-85-89(77,78)83-56-65(72)57-84-90(79,80)86-61-67(59-82-69(74)53-46-39-34-33-37-44-51-64(7)10-3)88-71(76)55-48-41-32-27-26-28-35-42-49-62(4)5/h15-18,62-67,72H,8-14,19-61H2,1-7H3,(H,77,78)(H,79,80)/b16-15-,18-17-/t63?,64?,65-,66-,67-/m1/s1. The molecule has 0 aliphatic carbocycles. The molecule has 0 radical (unpaired) electrons. The Morgan fingerprint density at radius 3 is 0.989 bits per heavy atom. The van der Waals surface area contributed by atoms with E-state index in [1.807, 2.05) is 0 Å². The maximum Gasteiger partial charge on any atom is 0.472 e. The zero-order valence-electron chi connectivity index (χ0n) is 58.1. The summed E-state index contributed by atoms with van der Waals surface area (Å²) in [4.78, 5) is 72.5. The van der Waals surface area contributed by atoms with Gasteiger partial charge in [0.15, 0.2) is 12.2 Å². The molecule has 3 N–H and O–H groups in total. The van der Waals surface area contributed by atoms with E-state index in [-0.39, 0.29) is 25.7 Å². The molecule has 4 unspecified atom stereocenters. The van der Waals surface area contributed by atoms with Crippen molar-refractivity contribution in [1.82, 2.24) is 0 Å². The highest BCUT2D eigenvalue weighted by Gasteiger charge is 2.30. The minimum Gasteiger partial charge on any atom is -0.462 e. The highest BCUT2D eigenvalue weighted by Crippen LogP contribution is 2.45. The summed E-state index contributed by atoms with van der Waals surface area (Å²) in [5.41, 5.74) is 0. The topological polar surface area (TPSA) is 237 Å². The second kappa shape index (κ2) is 61.4. The highest BCUT2D eigenvalue weighted by molar-refractivity contribution is 7.47. The van der Waals surface area contributed by atoms with Crippen molar-refractivity contribution in [2.24, 2.45) is 17.8 Å². The lowest BCUT2D eigenvalue weighted by Gasteiger charge is -2.21. The molecule has 0 rings (SSSR count). The Morgan fingerprint density at radius 1 is 0.367 bits per heavy atom. The van der Waals surface area contributed by atoms with Crippen molar-refractivity contribution in [2.45, 2.75) is 349 Å². The Bertz CT molecular complexity index is 1860. The Kier molecular flexibility index (Phi) is 59.7.